The Morgan fingerprint density at radius 3 is 2.63 bits per heavy atom. The van der Waals surface area contributed by atoms with E-state index in [-0.39, 0.29) is 23.8 Å². The smallest absolute Gasteiger partial charge is 0.276 e. The minimum Gasteiger partial charge on any atom is -0.359 e. The summed E-state index contributed by atoms with van der Waals surface area (Å²) in [7, 11) is 3.39. The summed E-state index contributed by atoms with van der Waals surface area (Å²) in [6.07, 6.45) is 0.0705. The largest absolute Gasteiger partial charge is 0.359 e. The molecule has 0 aliphatic carbocycles. The number of amides is 2. The molecule has 1 aromatic heterocycles. The molecule has 2 N–H and O–H groups in total. The molecule has 8 heteroatoms. The first-order valence-electron chi connectivity index (χ1n) is 8.99. The van der Waals surface area contributed by atoms with Crippen molar-refractivity contribution in [1.29, 1.82) is 0 Å². The average Bonchev–Trinajstić information content (AvgIpc) is 2.88. The Kier molecular flexibility index (Phi) is 5.46. The van der Waals surface area contributed by atoms with E-state index in [0.717, 1.165) is 11.4 Å². The third-order valence-electron chi connectivity index (χ3n) is 5.13. The average molecular weight is 371 g/mol. The lowest BCUT2D eigenvalue weighted by Crippen LogP contribution is -2.56. The van der Waals surface area contributed by atoms with Crippen molar-refractivity contribution in [3.63, 3.8) is 0 Å². The SMILES string of the molecule is CNC(=O)C[C@@H]1C(=O)NCCN1Cc1c(C)n(C)n(-c2ccccc2)c1=O. The van der Waals surface area contributed by atoms with Crippen LogP contribution < -0.4 is 16.2 Å². The van der Waals surface area contributed by atoms with Crippen molar-refractivity contribution >= 4 is 11.8 Å². The van der Waals surface area contributed by atoms with E-state index in [0.29, 0.717) is 25.2 Å². The molecule has 1 saturated heterocycles. The minimum absolute atomic E-state index is 0.0705. The van der Waals surface area contributed by atoms with Gasteiger partial charge in [0.05, 0.1) is 23.7 Å². The fourth-order valence-corrected chi connectivity index (χ4v) is 3.46. The molecular weight excluding hydrogens is 346 g/mol. The molecule has 2 aromatic rings. The van der Waals surface area contributed by atoms with Crippen molar-refractivity contribution in [2.24, 2.45) is 7.05 Å². The van der Waals surface area contributed by atoms with Gasteiger partial charge in [0.1, 0.15) is 0 Å². The van der Waals surface area contributed by atoms with Crippen LogP contribution in [0.2, 0.25) is 0 Å². The maximum absolute atomic E-state index is 13.1. The second kappa shape index (κ2) is 7.79. The van der Waals surface area contributed by atoms with Gasteiger partial charge in [0.2, 0.25) is 11.8 Å². The molecule has 1 aliphatic heterocycles. The zero-order chi connectivity index (χ0) is 19.6. The van der Waals surface area contributed by atoms with Gasteiger partial charge in [-0.3, -0.25) is 24.0 Å². The topological polar surface area (TPSA) is 88.4 Å². The highest BCUT2D eigenvalue weighted by Crippen LogP contribution is 2.16. The zero-order valence-corrected chi connectivity index (χ0v) is 15.9. The first kappa shape index (κ1) is 18.9. The summed E-state index contributed by atoms with van der Waals surface area (Å²) in [5, 5.41) is 5.36. The standard InChI is InChI=1S/C19H25N5O3/c1-13-15(19(27)24(22(13)3)14-7-5-4-6-8-14)12-23-10-9-21-18(26)16(23)11-17(25)20-2/h4-8,16H,9-12H2,1-3H3,(H,20,25)(H,21,26)/t16-/m1/s1. The van der Waals surface area contributed by atoms with Crippen LogP contribution in [0.1, 0.15) is 17.7 Å². The van der Waals surface area contributed by atoms with Gasteiger partial charge in [-0.05, 0) is 19.1 Å². The van der Waals surface area contributed by atoms with Gasteiger partial charge < -0.3 is 10.6 Å². The Balaban J connectivity index is 1.94. The molecule has 1 fully saturated rings. The van der Waals surface area contributed by atoms with Crippen LogP contribution in [0.5, 0.6) is 0 Å². The molecule has 0 bridgehead atoms. The molecule has 144 valence electrons. The molecule has 1 aromatic carbocycles. The summed E-state index contributed by atoms with van der Waals surface area (Å²) in [6.45, 7) is 3.32. The lowest BCUT2D eigenvalue weighted by atomic mass is 10.1. The third kappa shape index (κ3) is 3.66. The fraction of sp³-hybridized carbons (Fsp3) is 0.421. The number of hydrogen-bond donors (Lipinski definition) is 2. The third-order valence-corrected chi connectivity index (χ3v) is 5.13. The van der Waals surface area contributed by atoms with Crippen molar-refractivity contribution in [1.82, 2.24) is 24.9 Å². The van der Waals surface area contributed by atoms with E-state index < -0.39 is 6.04 Å². The molecule has 0 spiro atoms. The molecule has 0 unspecified atom stereocenters. The van der Waals surface area contributed by atoms with Gasteiger partial charge in [0.15, 0.2) is 0 Å². The predicted molar refractivity (Wildman–Crippen MR) is 102 cm³/mol. The van der Waals surface area contributed by atoms with Gasteiger partial charge in [0.25, 0.3) is 5.56 Å². The summed E-state index contributed by atoms with van der Waals surface area (Å²) in [5.74, 6) is -0.379. The first-order chi connectivity index (χ1) is 12.9. The van der Waals surface area contributed by atoms with E-state index >= 15 is 0 Å². The predicted octanol–water partition coefficient (Wildman–Crippen LogP) is -0.0791. The van der Waals surface area contributed by atoms with Crippen LogP contribution in [-0.2, 0) is 23.2 Å². The highest BCUT2D eigenvalue weighted by molar-refractivity contribution is 5.88. The monoisotopic (exact) mass is 371 g/mol. The number of benzene rings is 1. The van der Waals surface area contributed by atoms with Crippen LogP contribution in [0.15, 0.2) is 35.1 Å². The maximum atomic E-state index is 13.1. The van der Waals surface area contributed by atoms with Crippen molar-refractivity contribution in [2.75, 3.05) is 20.1 Å². The van der Waals surface area contributed by atoms with E-state index in [1.165, 1.54) is 0 Å². The Morgan fingerprint density at radius 1 is 1.26 bits per heavy atom. The summed E-state index contributed by atoms with van der Waals surface area (Å²) < 4.78 is 3.45. The Hall–Kier alpha value is -2.87. The summed E-state index contributed by atoms with van der Waals surface area (Å²) >= 11 is 0. The molecule has 2 amide bonds. The van der Waals surface area contributed by atoms with Crippen molar-refractivity contribution in [2.45, 2.75) is 25.9 Å². The van der Waals surface area contributed by atoms with Crippen molar-refractivity contribution < 1.29 is 9.59 Å². The zero-order valence-electron chi connectivity index (χ0n) is 15.9. The van der Waals surface area contributed by atoms with Gasteiger partial charge in [-0.15, -0.1) is 0 Å². The quantitative estimate of drug-likeness (QED) is 0.770. The second-order valence-corrected chi connectivity index (χ2v) is 6.69. The van der Waals surface area contributed by atoms with E-state index in [1.54, 1.807) is 11.7 Å². The van der Waals surface area contributed by atoms with Gasteiger partial charge in [-0.25, -0.2) is 4.68 Å². The number of nitrogens with zero attached hydrogens (tertiary/aromatic N) is 3. The Bertz CT molecular complexity index is 900. The lowest BCUT2D eigenvalue weighted by Gasteiger charge is -2.34. The number of piperazine rings is 1. The van der Waals surface area contributed by atoms with Gasteiger partial charge in [-0.1, -0.05) is 18.2 Å². The van der Waals surface area contributed by atoms with E-state index in [4.69, 9.17) is 0 Å². The van der Waals surface area contributed by atoms with Crippen LogP contribution >= 0.6 is 0 Å². The molecule has 1 aliphatic rings. The van der Waals surface area contributed by atoms with Crippen LogP contribution in [-0.4, -0.2) is 52.3 Å². The maximum Gasteiger partial charge on any atom is 0.276 e. The molecule has 1 atom stereocenters. The molecule has 0 saturated carbocycles. The lowest BCUT2D eigenvalue weighted by molar-refractivity contribution is -0.134. The molecule has 2 heterocycles. The Labute approximate surface area is 157 Å². The number of para-hydroxylation sites is 1. The molecule has 8 nitrogen and oxygen atoms in total. The fourth-order valence-electron chi connectivity index (χ4n) is 3.46. The highest BCUT2D eigenvalue weighted by atomic mass is 16.2. The van der Waals surface area contributed by atoms with Crippen LogP contribution in [0, 0.1) is 6.92 Å². The van der Waals surface area contributed by atoms with Crippen molar-refractivity contribution in [3.8, 4) is 5.69 Å². The van der Waals surface area contributed by atoms with Crippen LogP contribution in [0.3, 0.4) is 0 Å². The molecule has 3 rings (SSSR count). The summed E-state index contributed by atoms with van der Waals surface area (Å²) in [4.78, 5) is 39.1. The number of aromatic nitrogens is 2. The highest BCUT2D eigenvalue weighted by Gasteiger charge is 2.32. The van der Waals surface area contributed by atoms with Crippen LogP contribution in [0.4, 0.5) is 0 Å². The first-order valence-corrected chi connectivity index (χ1v) is 8.99. The Morgan fingerprint density at radius 2 is 1.96 bits per heavy atom. The normalized spacial score (nSPS) is 17.6. The number of carbonyl (C=O) groups is 2. The van der Waals surface area contributed by atoms with Gasteiger partial charge in [0, 0.05) is 39.4 Å². The minimum atomic E-state index is -0.581. The van der Waals surface area contributed by atoms with E-state index in [2.05, 4.69) is 10.6 Å². The number of carbonyl (C=O) groups excluding carboxylic acids is 2. The number of rotatable bonds is 5. The second-order valence-electron chi connectivity index (χ2n) is 6.69. The van der Waals surface area contributed by atoms with Crippen molar-refractivity contribution in [3.05, 3.63) is 51.9 Å². The van der Waals surface area contributed by atoms with E-state index in [1.807, 2.05) is 53.9 Å². The summed E-state index contributed by atoms with van der Waals surface area (Å²) in [6, 6.07) is 8.86. The number of hydrogen-bond acceptors (Lipinski definition) is 4. The molecule has 0 radical (unpaired) electrons. The number of nitrogens with one attached hydrogen (secondary N) is 2. The summed E-state index contributed by atoms with van der Waals surface area (Å²) in [5.41, 5.74) is 2.16. The van der Waals surface area contributed by atoms with Gasteiger partial charge in [-0.2, -0.15) is 0 Å². The van der Waals surface area contributed by atoms with Crippen LogP contribution in [0.25, 0.3) is 5.69 Å². The molecular formula is C19H25N5O3. The van der Waals surface area contributed by atoms with E-state index in [9.17, 15) is 14.4 Å². The van der Waals surface area contributed by atoms with Gasteiger partial charge >= 0.3 is 0 Å². The molecule has 27 heavy (non-hydrogen) atoms.